The number of nitrogens with one attached hydrogen (secondary N) is 1. The average molecular weight is 259 g/mol. The molecule has 0 bridgehead atoms. The Hall–Kier alpha value is -1.57. The molecule has 1 aromatic rings. The van der Waals surface area contributed by atoms with Gasteiger partial charge in [-0.1, -0.05) is 49.8 Å². The van der Waals surface area contributed by atoms with Crippen LogP contribution in [0.25, 0.3) is 0 Å². The van der Waals surface area contributed by atoms with E-state index in [1.54, 1.807) is 0 Å². The molecule has 2 nitrogen and oxygen atoms in total. The van der Waals surface area contributed by atoms with E-state index in [0.29, 0.717) is 6.42 Å². The largest absolute Gasteiger partial charge is 0.356 e. The summed E-state index contributed by atoms with van der Waals surface area (Å²) < 4.78 is 0. The van der Waals surface area contributed by atoms with Crippen molar-refractivity contribution in [3.8, 4) is 0 Å². The van der Waals surface area contributed by atoms with E-state index in [1.807, 2.05) is 13.0 Å². The topological polar surface area (TPSA) is 29.1 Å². The number of unbranched alkanes of at least 4 members (excludes halogenated alkanes) is 1. The van der Waals surface area contributed by atoms with Crippen molar-refractivity contribution in [2.75, 3.05) is 6.54 Å². The fourth-order valence-electron chi connectivity index (χ4n) is 1.91. The van der Waals surface area contributed by atoms with E-state index in [-0.39, 0.29) is 5.91 Å². The van der Waals surface area contributed by atoms with Crippen LogP contribution in [0.2, 0.25) is 0 Å². The second-order valence-electron chi connectivity index (χ2n) is 4.80. The molecular formula is C17H25NO. The first-order valence-electron chi connectivity index (χ1n) is 7.22. The highest BCUT2D eigenvalue weighted by Crippen LogP contribution is 2.08. The van der Waals surface area contributed by atoms with Crippen LogP contribution in [-0.4, -0.2) is 12.5 Å². The molecule has 2 heteroatoms. The number of hydrogen-bond donors (Lipinski definition) is 1. The van der Waals surface area contributed by atoms with E-state index in [2.05, 4.69) is 42.6 Å². The smallest absolute Gasteiger partial charge is 0.224 e. The van der Waals surface area contributed by atoms with E-state index in [0.717, 1.165) is 24.9 Å². The maximum atomic E-state index is 11.7. The van der Waals surface area contributed by atoms with Crippen LogP contribution in [0.1, 0.15) is 44.2 Å². The van der Waals surface area contributed by atoms with Gasteiger partial charge in [-0.3, -0.25) is 4.79 Å². The minimum absolute atomic E-state index is 0.103. The molecule has 104 valence electrons. The summed E-state index contributed by atoms with van der Waals surface area (Å²) in [6.07, 6.45) is 9.01. The Bertz CT molecular complexity index is 392. The summed E-state index contributed by atoms with van der Waals surface area (Å²) in [6, 6.07) is 8.41. The molecule has 0 atom stereocenters. The Morgan fingerprint density at radius 1 is 1.21 bits per heavy atom. The van der Waals surface area contributed by atoms with Crippen molar-refractivity contribution in [1.29, 1.82) is 0 Å². The van der Waals surface area contributed by atoms with Gasteiger partial charge in [0.15, 0.2) is 0 Å². The molecule has 1 rings (SSSR count). The standard InChI is InChI=1S/C17H25NO/c1-3-5-7-13-18-17(19)14-16-11-9-15(10-12-16)8-6-4-2/h3,5,9-12H,4,6-8,13-14H2,1-2H3,(H,18,19)/b5-3+. The monoisotopic (exact) mass is 259 g/mol. The van der Waals surface area contributed by atoms with Crippen molar-refractivity contribution < 1.29 is 4.79 Å². The Balaban J connectivity index is 2.33. The number of benzene rings is 1. The quantitative estimate of drug-likeness (QED) is 0.560. The molecule has 0 saturated carbocycles. The van der Waals surface area contributed by atoms with Crippen LogP contribution >= 0.6 is 0 Å². The molecule has 1 amide bonds. The fourth-order valence-corrected chi connectivity index (χ4v) is 1.91. The number of carbonyl (C=O) groups excluding carboxylic acids is 1. The highest BCUT2D eigenvalue weighted by molar-refractivity contribution is 5.78. The molecule has 1 N–H and O–H groups in total. The van der Waals surface area contributed by atoms with Gasteiger partial charge in [-0.25, -0.2) is 0 Å². The molecule has 0 saturated heterocycles. The van der Waals surface area contributed by atoms with Crippen LogP contribution in [-0.2, 0) is 17.6 Å². The van der Waals surface area contributed by atoms with Gasteiger partial charge in [0, 0.05) is 6.54 Å². The molecule has 0 aliphatic heterocycles. The number of amides is 1. The molecule has 0 aliphatic rings. The molecule has 0 unspecified atom stereocenters. The lowest BCUT2D eigenvalue weighted by Crippen LogP contribution is -2.25. The second-order valence-corrected chi connectivity index (χ2v) is 4.80. The van der Waals surface area contributed by atoms with Crippen LogP contribution in [0, 0.1) is 0 Å². The highest BCUT2D eigenvalue weighted by Gasteiger charge is 2.02. The zero-order valence-corrected chi connectivity index (χ0v) is 12.1. The van der Waals surface area contributed by atoms with Crippen LogP contribution < -0.4 is 5.32 Å². The van der Waals surface area contributed by atoms with Crippen molar-refractivity contribution in [3.63, 3.8) is 0 Å². The molecule has 19 heavy (non-hydrogen) atoms. The molecular weight excluding hydrogens is 234 g/mol. The van der Waals surface area contributed by atoms with E-state index in [1.165, 1.54) is 18.4 Å². The van der Waals surface area contributed by atoms with Gasteiger partial charge in [-0.05, 0) is 37.3 Å². The predicted molar refractivity (Wildman–Crippen MR) is 81.2 cm³/mol. The van der Waals surface area contributed by atoms with Crippen LogP contribution in [0.5, 0.6) is 0 Å². The maximum Gasteiger partial charge on any atom is 0.224 e. The molecule has 1 aromatic carbocycles. The Labute approximate surface area is 116 Å². The van der Waals surface area contributed by atoms with Gasteiger partial charge < -0.3 is 5.32 Å². The van der Waals surface area contributed by atoms with Gasteiger partial charge in [0.2, 0.25) is 5.91 Å². The van der Waals surface area contributed by atoms with Gasteiger partial charge in [-0.2, -0.15) is 0 Å². The summed E-state index contributed by atoms with van der Waals surface area (Å²) in [5.74, 6) is 0.103. The van der Waals surface area contributed by atoms with E-state index < -0.39 is 0 Å². The minimum atomic E-state index is 0.103. The lowest BCUT2D eigenvalue weighted by molar-refractivity contribution is -0.120. The fraction of sp³-hybridized carbons (Fsp3) is 0.471. The van der Waals surface area contributed by atoms with Gasteiger partial charge >= 0.3 is 0 Å². The predicted octanol–water partition coefficient (Wildman–Crippen LogP) is 3.65. The van der Waals surface area contributed by atoms with E-state index in [9.17, 15) is 4.79 Å². The third-order valence-corrected chi connectivity index (χ3v) is 3.08. The summed E-state index contributed by atoms with van der Waals surface area (Å²) in [5.41, 5.74) is 2.45. The number of carbonyl (C=O) groups is 1. The summed E-state index contributed by atoms with van der Waals surface area (Å²) >= 11 is 0. The molecule has 0 aromatic heterocycles. The van der Waals surface area contributed by atoms with E-state index in [4.69, 9.17) is 0 Å². The summed E-state index contributed by atoms with van der Waals surface area (Å²) in [7, 11) is 0. The van der Waals surface area contributed by atoms with Crippen molar-refractivity contribution in [3.05, 3.63) is 47.5 Å². The van der Waals surface area contributed by atoms with Gasteiger partial charge in [-0.15, -0.1) is 0 Å². The number of hydrogen-bond acceptors (Lipinski definition) is 1. The molecule has 0 radical (unpaired) electrons. The van der Waals surface area contributed by atoms with Crippen molar-refractivity contribution >= 4 is 5.91 Å². The minimum Gasteiger partial charge on any atom is -0.356 e. The van der Waals surface area contributed by atoms with Gasteiger partial charge in [0.1, 0.15) is 0 Å². The molecule has 0 spiro atoms. The Morgan fingerprint density at radius 2 is 1.89 bits per heavy atom. The molecule has 0 heterocycles. The summed E-state index contributed by atoms with van der Waals surface area (Å²) in [6.45, 7) is 4.91. The number of aryl methyl sites for hydroxylation is 1. The van der Waals surface area contributed by atoms with Gasteiger partial charge in [0.25, 0.3) is 0 Å². The van der Waals surface area contributed by atoms with Crippen molar-refractivity contribution in [1.82, 2.24) is 5.32 Å². The first-order chi connectivity index (χ1) is 9.26. The van der Waals surface area contributed by atoms with Crippen molar-refractivity contribution in [2.24, 2.45) is 0 Å². The summed E-state index contributed by atoms with van der Waals surface area (Å²) in [4.78, 5) is 11.7. The third-order valence-electron chi connectivity index (χ3n) is 3.08. The van der Waals surface area contributed by atoms with Crippen LogP contribution in [0.3, 0.4) is 0 Å². The van der Waals surface area contributed by atoms with E-state index >= 15 is 0 Å². The maximum absolute atomic E-state index is 11.7. The Kier molecular flexibility index (Phi) is 7.64. The SMILES string of the molecule is C/C=C/CCNC(=O)Cc1ccc(CCCC)cc1. The molecule has 0 aliphatic carbocycles. The highest BCUT2D eigenvalue weighted by atomic mass is 16.1. The zero-order chi connectivity index (χ0) is 13.9. The third kappa shape index (κ3) is 6.80. The van der Waals surface area contributed by atoms with Crippen molar-refractivity contribution in [2.45, 2.75) is 46.0 Å². The molecule has 0 fully saturated rings. The second kappa shape index (κ2) is 9.37. The lowest BCUT2D eigenvalue weighted by atomic mass is 10.0. The average Bonchev–Trinajstić information content (AvgIpc) is 2.43. The van der Waals surface area contributed by atoms with Crippen LogP contribution in [0.15, 0.2) is 36.4 Å². The van der Waals surface area contributed by atoms with Crippen LogP contribution in [0.4, 0.5) is 0 Å². The zero-order valence-electron chi connectivity index (χ0n) is 12.1. The normalized spacial score (nSPS) is 10.8. The van der Waals surface area contributed by atoms with Gasteiger partial charge in [0.05, 0.1) is 6.42 Å². The Morgan fingerprint density at radius 3 is 2.53 bits per heavy atom. The number of allylic oxidation sites excluding steroid dienone is 1. The first-order valence-corrected chi connectivity index (χ1v) is 7.22. The lowest BCUT2D eigenvalue weighted by Gasteiger charge is -2.05. The number of rotatable bonds is 8. The summed E-state index contributed by atoms with van der Waals surface area (Å²) in [5, 5.41) is 2.92. The first kappa shape index (κ1) is 15.5.